The van der Waals surface area contributed by atoms with Gasteiger partial charge in [0.15, 0.2) is 0 Å². The highest BCUT2D eigenvalue weighted by atomic mass is 35.5. The molecule has 1 nitrogen and oxygen atoms in total. The fourth-order valence-electron chi connectivity index (χ4n) is 1.23. The third kappa shape index (κ3) is 4.04. The lowest BCUT2D eigenvalue weighted by Gasteiger charge is -2.15. The Balaban J connectivity index is 2.73. The summed E-state index contributed by atoms with van der Waals surface area (Å²) in [6, 6.07) is 5.56. The molecule has 0 spiro atoms. The molecule has 15 heavy (non-hydrogen) atoms. The SMILES string of the molecule is C=C(Cl)CNC(C)c1ccc(Cl)cc1Cl. The van der Waals surface area contributed by atoms with E-state index in [1.807, 2.05) is 19.1 Å². The largest absolute Gasteiger partial charge is 0.305 e. The van der Waals surface area contributed by atoms with Gasteiger partial charge in [-0.05, 0) is 24.6 Å². The molecule has 0 radical (unpaired) electrons. The Bertz CT molecular complexity index is 363. The Morgan fingerprint density at radius 2 is 2.13 bits per heavy atom. The molecule has 1 atom stereocenters. The molecule has 0 aliphatic heterocycles. The first-order valence-corrected chi connectivity index (χ1v) is 5.65. The smallest absolute Gasteiger partial charge is 0.0468 e. The van der Waals surface area contributed by atoms with Crippen LogP contribution in [0.25, 0.3) is 0 Å². The van der Waals surface area contributed by atoms with Crippen molar-refractivity contribution in [2.24, 2.45) is 0 Å². The summed E-state index contributed by atoms with van der Waals surface area (Å²) < 4.78 is 0. The highest BCUT2D eigenvalue weighted by Crippen LogP contribution is 2.26. The van der Waals surface area contributed by atoms with Gasteiger partial charge in [0.1, 0.15) is 0 Å². The minimum absolute atomic E-state index is 0.116. The summed E-state index contributed by atoms with van der Waals surface area (Å²) in [5, 5.41) is 5.07. The van der Waals surface area contributed by atoms with E-state index in [1.54, 1.807) is 6.07 Å². The minimum Gasteiger partial charge on any atom is -0.305 e. The van der Waals surface area contributed by atoms with Gasteiger partial charge in [-0.3, -0.25) is 0 Å². The van der Waals surface area contributed by atoms with Crippen LogP contribution in [0.15, 0.2) is 29.8 Å². The Morgan fingerprint density at radius 1 is 1.47 bits per heavy atom. The van der Waals surface area contributed by atoms with E-state index in [0.29, 0.717) is 21.6 Å². The molecule has 1 rings (SSSR count). The van der Waals surface area contributed by atoms with Gasteiger partial charge in [0.2, 0.25) is 0 Å². The van der Waals surface area contributed by atoms with E-state index in [0.717, 1.165) is 5.56 Å². The first-order chi connectivity index (χ1) is 7.00. The van der Waals surface area contributed by atoms with Crippen molar-refractivity contribution >= 4 is 34.8 Å². The van der Waals surface area contributed by atoms with Crippen LogP contribution in [0.1, 0.15) is 18.5 Å². The molecule has 0 saturated carbocycles. The van der Waals surface area contributed by atoms with Crippen LogP contribution in [0, 0.1) is 0 Å². The zero-order valence-electron chi connectivity index (χ0n) is 8.36. The summed E-state index contributed by atoms with van der Waals surface area (Å²) in [5.41, 5.74) is 0.999. The zero-order chi connectivity index (χ0) is 11.4. The average molecular weight is 265 g/mol. The van der Waals surface area contributed by atoms with E-state index in [9.17, 15) is 0 Å². The lowest BCUT2D eigenvalue weighted by molar-refractivity contribution is 0.615. The quantitative estimate of drug-likeness (QED) is 0.850. The molecule has 1 unspecified atom stereocenters. The van der Waals surface area contributed by atoms with Crippen molar-refractivity contribution in [3.8, 4) is 0 Å². The fraction of sp³-hybridized carbons (Fsp3) is 0.273. The van der Waals surface area contributed by atoms with Gasteiger partial charge in [-0.15, -0.1) is 0 Å². The van der Waals surface area contributed by atoms with Crippen molar-refractivity contribution in [3.05, 3.63) is 45.4 Å². The summed E-state index contributed by atoms with van der Waals surface area (Å²) in [5.74, 6) is 0. The Hall–Kier alpha value is -0.210. The van der Waals surface area contributed by atoms with Crippen LogP contribution in [0.2, 0.25) is 10.0 Å². The summed E-state index contributed by atoms with van der Waals surface area (Å²) in [6.07, 6.45) is 0. The van der Waals surface area contributed by atoms with Crippen LogP contribution in [-0.4, -0.2) is 6.54 Å². The molecule has 1 N–H and O–H groups in total. The zero-order valence-corrected chi connectivity index (χ0v) is 10.6. The molecule has 1 aromatic rings. The number of hydrogen-bond acceptors (Lipinski definition) is 1. The molecule has 0 amide bonds. The second kappa shape index (κ2) is 5.76. The fourth-order valence-corrected chi connectivity index (χ4v) is 1.88. The maximum absolute atomic E-state index is 6.06. The van der Waals surface area contributed by atoms with Crippen LogP contribution >= 0.6 is 34.8 Å². The Kier molecular flexibility index (Phi) is 4.94. The lowest BCUT2D eigenvalue weighted by Crippen LogP contribution is -2.20. The van der Waals surface area contributed by atoms with Gasteiger partial charge < -0.3 is 5.32 Å². The van der Waals surface area contributed by atoms with Crippen molar-refractivity contribution in [3.63, 3.8) is 0 Å². The van der Waals surface area contributed by atoms with E-state index in [1.165, 1.54) is 0 Å². The molecular weight excluding hydrogens is 252 g/mol. The van der Waals surface area contributed by atoms with Crippen LogP contribution in [0.5, 0.6) is 0 Å². The molecule has 82 valence electrons. The van der Waals surface area contributed by atoms with E-state index in [-0.39, 0.29) is 6.04 Å². The van der Waals surface area contributed by atoms with E-state index in [2.05, 4.69) is 11.9 Å². The number of benzene rings is 1. The van der Waals surface area contributed by atoms with Crippen molar-refractivity contribution in [2.75, 3.05) is 6.54 Å². The standard InChI is InChI=1S/C11H12Cl3N/c1-7(12)6-15-8(2)10-4-3-9(13)5-11(10)14/h3-5,8,15H,1,6H2,2H3. The predicted octanol–water partition coefficient (Wildman–Crippen LogP) is 4.40. The normalized spacial score (nSPS) is 12.5. The maximum atomic E-state index is 6.06. The van der Waals surface area contributed by atoms with Gasteiger partial charge in [-0.1, -0.05) is 47.4 Å². The van der Waals surface area contributed by atoms with Crippen molar-refractivity contribution in [1.82, 2.24) is 5.32 Å². The maximum Gasteiger partial charge on any atom is 0.0468 e. The Labute approximate surface area is 105 Å². The van der Waals surface area contributed by atoms with E-state index in [4.69, 9.17) is 34.8 Å². The number of halogens is 3. The molecular formula is C11H12Cl3N. The molecule has 0 aromatic heterocycles. The van der Waals surface area contributed by atoms with Crippen LogP contribution in [-0.2, 0) is 0 Å². The van der Waals surface area contributed by atoms with Crippen LogP contribution in [0.3, 0.4) is 0 Å². The second-order valence-corrected chi connectivity index (χ2v) is 4.66. The molecule has 1 aromatic carbocycles. The third-order valence-corrected chi connectivity index (χ3v) is 2.73. The lowest BCUT2D eigenvalue weighted by atomic mass is 10.1. The Morgan fingerprint density at radius 3 is 2.67 bits per heavy atom. The van der Waals surface area contributed by atoms with E-state index < -0.39 is 0 Å². The highest BCUT2D eigenvalue weighted by molar-refractivity contribution is 6.35. The number of nitrogens with one attached hydrogen (secondary N) is 1. The summed E-state index contributed by atoms with van der Waals surface area (Å²) >= 11 is 17.5. The van der Waals surface area contributed by atoms with Gasteiger partial charge in [0.25, 0.3) is 0 Å². The minimum atomic E-state index is 0.116. The molecule has 4 heteroatoms. The molecule has 0 bridgehead atoms. The van der Waals surface area contributed by atoms with Crippen molar-refractivity contribution < 1.29 is 0 Å². The first kappa shape index (κ1) is 12.9. The molecule has 0 saturated heterocycles. The van der Waals surface area contributed by atoms with Gasteiger partial charge in [-0.25, -0.2) is 0 Å². The summed E-state index contributed by atoms with van der Waals surface area (Å²) in [4.78, 5) is 0. The van der Waals surface area contributed by atoms with Crippen molar-refractivity contribution in [1.29, 1.82) is 0 Å². The predicted molar refractivity (Wildman–Crippen MR) is 67.9 cm³/mol. The topological polar surface area (TPSA) is 12.0 Å². The summed E-state index contributed by atoms with van der Waals surface area (Å²) in [7, 11) is 0. The number of hydrogen-bond donors (Lipinski definition) is 1. The van der Waals surface area contributed by atoms with Crippen LogP contribution in [0.4, 0.5) is 0 Å². The van der Waals surface area contributed by atoms with Gasteiger partial charge in [0, 0.05) is 27.7 Å². The van der Waals surface area contributed by atoms with Crippen LogP contribution < -0.4 is 5.32 Å². The molecule has 0 aliphatic carbocycles. The monoisotopic (exact) mass is 263 g/mol. The van der Waals surface area contributed by atoms with Crippen molar-refractivity contribution in [2.45, 2.75) is 13.0 Å². The van der Waals surface area contributed by atoms with Gasteiger partial charge in [0.05, 0.1) is 0 Å². The summed E-state index contributed by atoms with van der Waals surface area (Å²) in [6.45, 7) is 6.17. The van der Waals surface area contributed by atoms with Gasteiger partial charge in [-0.2, -0.15) is 0 Å². The van der Waals surface area contributed by atoms with E-state index >= 15 is 0 Å². The number of rotatable bonds is 4. The third-order valence-electron chi connectivity index (χ3n) is 2.03. The first-order valence-electron chi connectivity index (χ1n) is 4.52. The molecule has 0 aliphatic rings. The van der Waals surface area contributed by atoms with Gasteiger partial charge >= 0.3 is 0 Å². The molecule has 0 fully saturated rings. The molecule has 0 heterocycles. The second-order valence-electron chi connectivity index (χ2n) is 3.29. The highest BCUT2D eigenvalue weighted by Gasteiger charge is 2.09. The average Bonchev–Trinajstić information content (AvgIpc) is 2.14.